The zero-order valence-electron chi connectivity index (χ0n) is 19.4. The van der Waals surface area contributed by atoms with Crippen molar-refractivity contribution in [1.82, 2.24) is 25.0 Å². The molecule has 5 heterocycles. The normalized spacial score (nSPS) is 22.5. The number of hydrogen-bond acceptors (Lipinski definition) is 5. The molecule has 0 aliphatic carbocycles. The van der Waals surface area contributed by atoms with E-state index in [-0.39, 0.29) is 17.0 Å². The van der Waals surface area contributed by atoms with Gasteiger partial charge >= 0.3 is 12.2 Å². The van der Waals surface area contributed by atoms with Crippen LogP contribution in [0.15, 0.2) is 48.7 Å². The number of rotatable bonds is 3. The molecule has 6 rings (SSSR count). The average molecular weight is 499 g/mol. The minimum atomic E-state index is -4.60. The van der Waals surface area contributed by atoms with Crippen LogP contribution in [0.1, 0.15) is 29.7 Å². The van der Waals surface area contributed by atoms with Crippen LogP contribution in [0.4, 0.5) is 23.8 Å². The Morgan fingerprint density at radius 1 is 1.11 bits per heavy atom. The van der Waals surface area contributed by atoms with Crippen molar-refractivity contribution in [3.8, 4) is 11.3 Å². The monoisotopic (exact) mass is 498 g/mol. The number of pyridine rings is 1. The molecule has 1 spiro atoms. The van der Waals surface area contributed by atoms with Crippen LogP contribution in [0.25, 0.3) is 11.3 Å². The molecule has 0 radical (unpaired) electrons. The summed E-state index contributed by atoms with van der Waals surface area (Å²) in [5.41, 5.74) is 6.28. The van der Waals surface area contributed by atoms with Gasteiger partial charge in [-0.05, 0) is 30.5 Å². The molecule has 2 aromatic heterocycles. The van der Waals surface area contributed by atoms with Gasteiger partial charge in [0.2, 0.25) is 0 Å². The quantitative estimate of drug-likeness (QED) is 0.576. The second-order valence-corrected chi connectivity index (χ2v) is 9.87. The van der Waals surface area contributed by atoms with Crippen molar-refractivity contribution >= 4 is 11.8 Å². The molecule has 1 atom stereocenters. The van der Waals surface area contributed by atoms with Crippen molar-refractivity contribution < 1.29 is 22.7 Å². The number of alkyl halides is 3. The van der Waals surface area contributed by atoms with Crippen LogP contribution < -0.4 is 11.1 Å². The van der Waals surface area contributed by atoms with Crippen molar-refractivity contribution in [3.63, 3.8) is 0 Å². The summed E-state index contributed by atoms with van der Waals surface area (Å²) in [5.74, 6) is -0.558. The van der Waals surface area contributed by atoms with Gasteiger partial charge in [-0.25, -0.2) is 9.78 Å². The fourth-order valence-electron chi connectivity index (χ4n) is 5.56. The highest BCUT2D eigenvalue weighted by atomic mass is 19.4. The number of amides is 2. The molecule has 3 N–H and O–H groups in total. The van der Waals surface area contributed by atoms with Gasteiger partial charge in [-0.3, -0.25) is 4.68 Å². The topological polar surface area (TPSA) is 98.3 Å². The maximum absolute atomic E-state index is 13.3. The smallest absolute Gasteiger partial charge is 0.383 e. The number of likely N-dealkylation sites (tertiary alicyclic amines) is 1. The lowest BCUT2D eigenvalue weighted by Crippen LogP contribution is -2.61. The van der Waals surface area contributed by atoms with Crippen LogP contribution in [-0.2, 0) is 28.4 Å². The Labute approximate surface area is 205 Å². The van der Waals surface area contributed by atoms with Crippen molar-refractivity contribution in [3.05, 3.63) is 65.5 Å². The van der Waals surface area contributed by atoms with E-state index < -0.39 is 23.1 Å². The van der Waals surface area contributed by atoms with Gasteiger partial charge in [-0.2, -0.15) is 18.3 Å². The molecule has 3 aromatic rings. The summed E-state index contributed by atoms with van der Waals surface area (Å²) in [6.07, 6.45) is -1.71. The van der Waals surface area contributed by atoms with Crippen molar-refractivity contribution in [2.45, 2.75) is 36.5 Å². The zero-order chi connectivity index (χ0) is 25.1. The Balaban J connectivity index is 1.22. The van der Waals surface area contributed by atoms with E-state index in [1.54, 1.807) is 0 Å². The number of nitrogens with zero attached hydrogens (tertiary/aromatic N) is 4. The van der Waals surface area contributed by atoms with E-state index >= 15 is 0 Å². The Morgan fingerprint density at radius 2 is 1.86 bits per heavy atom. The van der Waals surface area contributed by atoms with Gasteiger partial charge in [0.1, 0.15) is 11.4 Å². The third-order valence-corrected chi connectivity index (χ3v) is 7.66. The molecule has 0 saturated carbocycles. The molecule has 2 saturated heterocycles. The van der Waals surface area contributed by atoms with Gasteiger partial charge in [0.05, 0.1) is 24.5 Å². The number of nitrogens with one attached hydrogen (secondary N) is 1. The van der Waals surface area contributed by atoms with E-state index in [0.717, 1.165) is 30.2 Å². The summed E-state index contributed by atoms with van der Waals surface area (Å²) in [4.78, 5) is 18.8. The highest BCUT2D eigenvalue weighted by molar-refractivity contribution is 5.76. The number of nitrogen functional groups attached to an aromatic ring is 1. The van der Waals surface area contributed by atoms with Crippen molar-refractivity contribution in [2.75, 3.05) is 32.0 Å². The first-order valence-electron chi connectivity index (χ1n) is 11.8. The lowest BCUT2D eigenvalue weighted by atomic mass is 9.82. The zero-order valence-corrected chi connectivity index (χ0v) is 19.4. The summed E-state index contributed by atoms with van der Waals surface area (Å²) >= 11 is 0. The summed E-state index contributed by atoms with van der Waals surface area (Å²) in [6.45, 7) is 2.59. The highest BCUT2D eigenvalue weighted by Gasteiger charge is 2.49. The molecule has 3 aliphatic rings. The first-order chi connectivity index (χ1) is 17.2. The van der Waals surface area contributed by atoms with Crippen LogP contribution >= 0.6 is 0 Å². The maximum atomic E-state index is 13.3. The molecule has 2 fully saturated rings. The third kappa shape index (κ3) is 3.60. The minimum Gasteiger partial charge on any atom is -0.383 e. The fraction of sp³-hybridized carbons (Fsp3) is 0.400. The van der Waals surface area contributed by atoms with Gasteiger partial charge in [-0.15, -0.1) is 0 Å². The predicted octanol–water partition coefficient (Wildman–Crippen LogP) is 3.53. The van der Waals surface area contributed by atoms with Crippen LogP contribution in [0.5, 0.6) is 0 Å². The van der Waals surface area contributed by atoms with E-state index in [9.17, 15) is 18.0 Å². The van der Waals surface area contributed by atoms with Crippen molar-refractivity contribution in [2.24, 2.45) is 0 Å². The number of carbonyl (C=O) groups excluding carboxylic acids is 1. The number of anilines is 1. The molecule has 11 heteroatoms. The predicted molar refractivity (Wildman–Crippen MR) is 125 cm³/mol. The van der Waals surface area contributed by atoms with Gasteiger partial charge < -0.3 is 20.7 Å². The van der Waals surface area contributed by atoms with Crippen LogP contribution in [0, 0.1) is 0 Å². The molecular weight excluding hydrogens is 473 g/mol. The maximum Gasteiger partial charge on any atom is 0.419 e. The Morgan fingerprint density at radius 3 is 2.56 bits per heavy atom. The van der Waals surface area contributed by atoms with Gasteiger partial charge in [0.15, 0.2) is 0 Å². The second kappa shape index (κ2) is 7.95. The Kier molecular flexibility index (Phi) is 5.05. The number of nitrogens with two attached hydrogens (primary N) is 1. The number of benzene rings is 1. The number of halogens is 3. The number of fused-ring (bicyclic) bond motifs is 2. The second-order valence-electron chi connectivity index (χ2n) is 9.87. The SMILES string of the molecule is Nc1ncc(-c2cc3n(n2)CC[C@@]32CCN(C(=O)NC3(c4ccccc4)COC3)C2)cc1C(F)(F)F. The van der Waals surface area contributed by atoms with E-state index in [1.165, 1.54) is 6.20 Å². The first kappa shape index (κ1) is 22.8. The third-order valence-electron chi connectivity index (χ3n) is 7.66. The number of hydrogen-bond donors (Lipinski definition) is 2. The van der Waals surface area contributed by atoms with Crippen molar-refractivity contribution in [1.29, 1.82) is 0 Å². The molecule has 36 heavy (non-hydrogen) atoms. The lowest BCUT2D eigenvalue weighted by Gasteiger charge is -2.43. The summed E-state index contributed by atoms with van der Waals surface area (Å²) in [7, 11) is 0. The molecular formula is C25H25F3N6O2. The number of urea groups is 1. The van der Waals surface area contributed by atoms with Gasteiger partial charge in [-0.1, -0.05) is 30.3 Å². The molecule has 3 aliphatic heterocycles. The molecule has 0 bridgehead atoms. The van der Waals surface area contributed by atoms with Crippen LogP contribution in [-0.4, -0.2) is 52.0 Å². The molecule has 1 aromatic carbocycles. The van der Waals surface area contributed by atoms with E-state index in [4.69, 9.17) is 10.5 Å². The number of ether oxygens (including phenoxy) is 1. The van der Waals surface area contributed by atoms with E-state index in [1.807, 2.05) is 46.0 Å². The number of aryl methyl sites for hydroxylation is 1. The standard InChI is InChI=1S/C25H25F3N6O2/c26-25(27,28)18-10-16(12-30-21(18)29)19-11-20-23(7-9-34(20)32-19)6-8-33(13-23)22(35)31-24(14-36-15-24)17-4-2-1-3-5-17/h1-5,10-12H,6-9,13-15H2,(H2,29,30)(H,31,35)/t23-/m1/s1. The molecule has 0 unspecified atom stereocenters. The minimum absolute atomic E-state index is 0.144. The Hall–Kier alpha value is -3.60. The van der Waals surface area contributed by atoms with Crippen LogP contribution in [0.3, 0.4) is 0 Å². The molecule has 2 amide bonds. The average Bonchev–Trinajstić information content (AvgIpc) is 3.53. The lowest BCUT2D eigenvalue weighted by molar-refractivity contribution is -0.137. The van der Waals surface area contributed by atoms with Gasteiger partial charge in [0, 0.05) is 42.5 Å². The Bertz CT molecular complexity index is 1320. The summed E-state index contributed by atoms with van der Waals surface area (Å²) in [6, 6.07) is 12.5. The molecule has 188 valence electrons. The van der Waals surface area contributed by atoms with E-state index in [2.05, 4.69) is 15.4 Å². The number of carbonyl (C=O) groups is 1. The number of aromatic nitrogens is 3. The molecule has 8 nitrogen and oxygen atoms in total. The highest BCUT2D eigenvalue weighted by Crippen LogP contribution is 2.44. The summed E-state index contributed by atoms with van der Waals surface area (Å²) < 4.78 is 47.3. The largest absolute Gasteiger partial charge is 0.419 e. The van der Waals surface area contributed by atoms with Crippen LogP contribution in [0.2, 0.25) is 0 Å². The first-order valence-corrected chi connectivity index (χ1v) is 11.8. The van der Waals surface area contributed by atoms with E-state index in [0.29, 0.717) is 38.5 Å². The summed E-state index contributed by atoms with van der Waals surface area (Å²) in [5, 5.41) is 7.75. The van der Waals surface area contributed by atoms with Gasteiger partial charge in [0.25, 0.3) is 0 Å². The fourth-order valence-corrected chi connectivity index (χ4v) is 5.56.